The number of para-hydroxylation sites is 1. The molecule has 0 spiro atoms. The smallest absolute Gasteiger partial charge is 0.264 e. The van der Waals surface area contributed by atoms with E-state index in [1.54, 1.807) is 36.4 Å². The number of amidine groups is 1. The maximum absolute atomic E-state index is 12.0. The van der Waals surface area contributed by atoms with Gasteiger partial charge < -0.3 is 15.5 Å². The molecule has 0 bridgehead atoms. The lowest BCUT2D eigenvalue weighted by atomic mass is 10.2. The van der Waals surface area contributed by atoms with Crippen LogP contribution in [0.1, 0.15) is 11.1 Å². The van der Waals surface area contributed by atoms with E-state index in [1.165, 1.54) is 12.1 Å². The Hall–Kier alpha value is -3.24. The Labute approximate surface area is 141 Å². The number of phenols is 2. The Bertz CT molecular complexity index is 929. The average molecular weight is 337 g/mol. The number of phenolic OH excluding ortho intramolecular Hbond substituents is 2. The number of thioether (sulfide) groups is 1. The third-order valence-corrected chi connectivity index (χ3v) is 4.10. The van der Waals surface area contributed by atoms with Crippen LogP contribution in [0.5, 0.6) is 11.5 Å². The number of rotatable bonds is 2. The zero-order valence-corrected chi connectivity index (χ0v) is 13.0. The Morgan fingerprint density at radius 3 is 2.71 bits per heavy atom. The van der Waals surface area contributed by atoms with Crippen molar-refractivity contribution in [3.8, 4) is 17.6 Å². The fourth-order valence-corrected chi connectivity index (χ4v) is 2.87. The monoisotopic (exact) mass is 337 g/mol. The molecule has 118 valence electrons. The quantitative estimate of drug-likeness (QED) is 0.577. The van der Waals surface area contributed by atoms with E-state index in [2.05, 4.69) is 10.3 Å². The molecule has 0 aliphatic carbocycles. The second-order valence-electron chi connectivity index (χ2n) is 4.86. The van der Waals surface area contributed by atoms with Crippen LogP contribution >= 0.6 is 11.8 Å². The van der Waals surface area contributed by atoms with Gasteiger partial charge in [-0.15, -0.1) is 0 Å². The molecule has 0 saturated carbocycles. The van der Waals surface area contributed by atoms with E-state index in [0.29, 0.717) is 26.9 Å². The van der Waals surface area contributed by atoms with Gasteiger partial charge in [-0.1, -0.05) is 18.2 Å². The minimum atomic E-state index is -0.319. The molecular weight excluding hydrogens is 326 g/mol. The van der Waals surface area contributed by atoms with Crippen molar-refractivity contribution in [2.75, 3.05) is 0 Å². The van der Waals surface area contributed by atoms with Crippen molar-refractivity contribution in [3.63, 3.8) is 0 Å². The van der Waals surface area contributed by atoms with E-state index in [0.717, 1.165) is 11.8 Å². The number of benzene rings is 2. The standard InChI is InChI=1S/C17H11N3O3S/c18-9-11-3-1-2-4-12(11)19-17-20-16(23)15(24-17)8-10-5-6-13(21)14(22)7-10/h1-8,21-22H,(H,19,20,23)/b15-8-. The highest BCUT2D eigenvalue weighted by atomic mass is 32.2. The number of hydrogen-bond acceptors (Lipinski definition) is 6. The molecule has 1 aliphatic rings. The summed E-state index contributed by atoms with van der Waals surface area (Å²) in [6, 6.07) is 13.2. The average Bonchev–Trinajstić information content (AvgIpc) is 2.91. The predicted molar refractivity (Wildman–Crippen MR) is 91.7 cm³/mol. The van der Waals surface area contributed by atoms with Crippen LogP contribution in [-0.4, -0.2) is 21.3 Å². The third kappa shape index (κ3) is 3.24. The van der Waals surface area contributed by atoms with Gasteiger partial charge in [0.15, 0.2) is 16.7 Å². The molecule has 0 unspecified atom stereocenters. The van der Waals surface area contributed by atoms with E-state index < -0.39 is 0 Å². The Balaban J connectivity index is 1.88. The lowest BCUT2D eigenvalue weighted by Crippen LogP contribution is -2.19. The van der Waals surface area contributed by atoms with E-state index in [-0.39, 0.29) is 17.4 Å². The van der Waals surface area contributed by atoms with Crippen LogP contribution in [0.3, 0.4) is 0 Å². The van der Waals surface area contributed by atoms with Crippen molar-refractivity contribution in [1.82, 2.24) is 5.32 Å². The molecule has 1 fully saturated rings. The summed E-state index contributed by atoms with van der Waals surface area (Å²) in [5.74, 6) is -0.804. The van der Waals surface area contributed by atoms with Gasteiger partial charge in [0.1, 0.15) is 6.07 Å². The minimum Gasteiger partial charge on any atom is -0.504 e. The summed E-state index contributed by atoms with van der Waals surface area (Å²) in [5, 5.41) is 30.9. The first-order chi connectivity index (χ1) is 11.6. The number of hydrogen-bond donors (Lipinski definition) is 3. The van der Waals surface area contributed by atoms with E-state index in [9.17, 15) is 15.0 Å². The number of nitrogens with one attached hydrogen (secondary N) is 1. The molecule has 2 aromatic carbocycles. The lowest BCUT2D eigenvalue weighted by molar-refractivity contribution is -0.115. The second-order valence-corrected chi connectivity index (χ2v) is 5.89. The molecule has 1 saturated heterocycles. The summed E-state index contributed by atoms with van der Waals surface area (Å²) in [7, 11) is 0. The predicted octanol–water partition coefficient (Wildman–Crippen LogP) is 2.86. The molecule has 2 aromatic rings. The van der Waals surface area contributed by atoms with Gasteiger partial charge in [-0.25, -0.2) is 4.99 Å². The van der Waals surface area contributed by atoms with Gasteiger partial charge >= 0.3 is 0 Å². The van der Waals surface area contributed by atoms with Crippen LogP contribution in [0.25, 0.3) is 6.08 Å². The zero-order valence-electron chi connectivity index (χ0n) is 12.2. The van der Waals surface area contributed by atoms with Gasteiger partial charge in [0, 0.05) is 0 Å². The van der Waals surface area contributed by atoms with Crippen LogP contribution in [0.2, 0.25) is 0 Å². The molecule has 1 aliphatic heterocycles. The highest BCUT2D eigenvalue weighted by Crippen LogP contribution is 2.31. The molecule has 0 aromatic heterocycles. The first-order valence-corrected chi connectivity index (χ1v) is 7.69. The molecule has 3 N–H and O–H groups in total. The molecule has 3 rings (SSSR count). The van der Waals surface area contributed by atoms with Crippen LogP contribution in [0, 0.1) is 11.3 Å². The van der Waals surface area contributed by atoms with Crippen molar-refractivity contribution in [1.29, 1.82) is 5.26 Å². The molecule has 6 nitrogen and oxygen atoms in total. The number of carbonyl (C=O) groups excluding carboxylic acids is 1. The van der Waals surface area contributed by atoms with Gasteiger partial charge in [0.25, 0.3) is 5.91 Å². The normalized spacial score (nSPS) is 17.0. The lowest BCUT2D eigenvalue weighted by Gasteiger charge is -1.99. The number of aromatic hydroxyl groups is 2. The van der Waals surface area contributed by atoms with Crippen molar-refractivity contribution in [2.45, 2.75) is 0 Å². The summed E-state index contributed by atoms with van der Waals surface area (Å²) in [5.41, 5.74) is 1.47. The van der Waals surface area contributed by atoms with Crippen molar-refractivity contribution in [2.24, 2.45) is 4.99 Å². The van der Waals surface area contributed by atoms with Gasteiger partial charge in [-0.3, -0.25) is 4.79 Å². The first kappa shape index (κ1) is 15.6. The Kier molecular flexibility index (Phi) is 4.22. The highest BCUT2D eigenvalue weighted by Gasteiger charge is 2.24. The summed E-state index contributed by atoms with van der Waals surface area (Å²) in [6.45, 7) is 0. The molecule has 1 heterocycles. The number of aliphatic imine (C=N–C) groups is 1. The maximum atomic E-state index is 12.0. The van der Waals surface area contributed by atoms with Crippen molar-refractivity contribution < 1.29 is 15.0 Å². The van der Waals surface area contributed by atoms with Gasteiger partial charge in [0.2, 0.25) is 0 Å². The van der Waals surface area contributed by atoms with Crippen molar-refractivity contribution in [3.05, 3.63) is 58.5 Å². The van der Waals surface area contributed by atoms with Gasteiger partial charge in [0.05, 0.1) is 16.2 Å². The topological polar surface area (TPSA) is 106 Å². The molecule has 1 amide bonds. The molecule has 0 atom stereocenters. The Morgan fingerprint density at radius 1 is 1.17 bits per heavy atom. The van der Waals surface area contributed by atoms with Gasteiger partial charge in [-0.05, 0) is 47.7 Å². The largest absolute Gasteiger partial charge is 0.504 e. The summed E-state index contributed by atoms with van der Waals surface area (Å²) in [6.07, 6.45) is 1.58. The van der Waals surface area contributed by atoms with Gasteiger partial charge in [-0.2, -0.15) is 5.26 Å². The van der Waals surface area contributed by atoms with Crippen LogP contribution in [0.15, 0.2) is 52.4 Å². The Morgan fingerprint density at radius 2 is 1.96 bits per heavy atom. The SMILES string of the molecule is N#Cc1ccccc1N=C1NC(=O)/C(=C/c2ccc(O)c(O)c2)S1. The van der Waals surface area contributed by atoms with Crippen LogP contribution in [0.4, 0.5) is 5.69 Å². The number of amides is 1. The molecule has 7 heteroatoms. The van der Waals surface area contributed by atoms with Crippen LogP contribution < -0.4 is 5.32 Å². The molecule has 24 heavy (non-hydrogen) atoms. The van der Waals surface area contributed by atoms with E-state index in [1.807, 2.05) is 6.07 Å². The fraction of sp³-hybridized carbons (Fsp3) is 0. The maximum Gasteiger partial charge on any atom is 0.264 e. The summed E-state index contributed by atoms with van der Waals surface area (Å²) < 4.78 is 0. The van der Waals surface area contributed by atoms with E-state index >= 15 is 0 Å². The number of carbonyl (C=O) groups is 1. The fourth-order valence-electron chi connectivity index (χ4n) is 2.04. The van der Waals surface area contributed by atoms with E-state index in [4.69, 9.17) is 5.26 Å². The summed E-state index contributed by atoms with van der Waals surface area (Å²) in [4.78, 5) is 16.7. The summed E-state index contributed by atoms with van der Waals surface area (Å²) >= 11 is 1.13. The zero-order chi connectivity index (χ0) is 17.1. The third-order valence-electron chi connectivity index (χ3n) is 3.19. The number of nitrogens with zero attached hydrogens (tertiary/aromatic N) is 2. The molecule has 0 radical (unpaired) electrons. The highest BCUT2D eigenvalue weighted by molar-refractivity contribution is 8.18. The van der Waals surface area contributed by atoms with Crippen molar-refractivity contribution >= 4 is 34.6 Å². The minimum absolute atomic E-state index is 0.226. The second kappa shape index (κ2) is 6.48. The van der Waals surface area contributed by atoms with Crippen LogP contribution in [-0.2, 0) is 4.79 Å². The number of nitriles is 1. The molecular formula is C17H11N3O3S. The first-order valence-electron chi connectivity index (χ1n) is 6.87.